The maximum Gasteiger partial charge on any atom is 0.251 e. The van der Waals surface area contributed by atoms with Crippen molar-refractivity contribution in [3.05, 3.63) is 59.9 Å². The zero-order chi connectivity index (χ0) is 21.0. The number of carbonyl (C=O) groups excluding carboxylic acids is 2. The number of nitrogens with zero attached hydrogens (tertiary/aromatic N) is 1. The maximum atomic E-state index is 13.1. The molecule has 29 heavy (non-hydrogen) atoms. The SMILES string of the molecule is CNC(=O)c1ccc(NC(=O)[C@@H]2CCCN(S(=O)(=O)c3ccc(F)cc3)C2)cc1. The second-order valence-corrected chi connectivity index (χ2v) is 8.74. The smallest absolute Gasteiger partial charge is 0.251 e. The van der Waals surface area contributed by atoms with E-state index in [0.29, 0.717) is 30.6 Å². The predicted molar refractivity (Wildman–Crippen MR) is 106 cm³/mol. The largest absolute Gasteiger partial charge is 0.355 e. The van der Waals surface area contributed by atoms with E-state index < -0.39 is 21.8 Å². The Morgan fingerprint density at radius 2 is 1.72 bits per heavy atom. The molecule has 1 aliphatic heterocycles. The van der Waals surface area contributed by atoms with Gasteiger partial charge in [0.25, 0.3) is 5.91 Å². The first-order valence-corrected chi connectivity index (χ1v) is 10.6. The van der Waals surface area contributed by atoms with Crippen LogP contribution < -0.4 is 10.6 Å². The number of anilines is 1. The van der Waals surface area contributed by atoms with Crippen molar-refractivity contribution in [3.63, 3.8) is 0 Å². The molecule has 2 amide bonds. The van der Waals surface area contributed by atoms with Gasteiger partial charge in [0.1, 0.15) is 5.82 Å². The Kier molecular flexibility index (Phi) is 6.29. The number of sulfonamides is 1. The van der Waals surface area contributed by atoms with Gasteiger partial charge in [-0.25, -0.2) is 12.8 Å². The molecule has 7 nitrogen and oxygen atoms in total. The fraction of sp³-hybridized carbons (Fsp3) is 0.300. The molecule has 154 valence electrons. The number of nitrogens with one attached hydrogen (secondary N) is 2. The third-order valence-corrected chi connectivity index (χ3v) is 6.73. The first-order valence-electron chi connectivity index (χ1n) is 9.20. The molecule has 0 radical (unpaired) electrons. The highest BCUT2D eigenvalue weighted by atomic mass is 32.2. The van der Waals surface area contributed by atoms with Crippen LogP contribution in [0.25, 0.3) is 0 Å². The van der Waals surface area contributed by atoms with Crippen LogP contribution in [0.4, 0.5) is 10.1 Å². The van der Waals surface area contributed by atoms with E-state index in [2.05, 4.69) is 10.6 Å². The second kappa shape index (κ2) is 8.71. The summed E-state index contributed by atoms with van der Waals surface area (Å²) in [5.74, 6) is -1.52. The zero-order valence-electron chi connectivity index (χ0n) is 15.9. The number of carbonyl (C=O) groups is 2. The Labute approximate surface area is 169 Å². The van der Waals surface area contributed by atoms with Crippen molar-refractivity contribution in [2.75, 3.05) is 25.5 Å². The Bertz CT molecular complexity index is 991. The normalized spacial score (nSPS) is 17.5. The third kappa shape index (κ3) is 4.80. The lowest BCUT2D eigenvalue weighted by Crippen LogP contribution is -2.43. The highest BCUT2D eigenvalue weighted by Crippen LogP contribution is 2.25. The summed E-state index contributed by atoms with van der Waals surface area (Å²) >= 11 is 0. The summed E-state index contributed by atoms with van der Waals surface area (Å²) in [6.45, 7) is 0.367. The van der Waals surface area contributed by atoms with Gasteiger partial charge in [0.15, 0.2) is 0 Å². The number of amides is 2. The summed E-state index contributed by atoms with van der Waals surface area (Å²) in [6, 6.07) is 11.1. The van der Waals surface area contributed by atoms with Crippen LogP contribution in [-0.2, 0) is 14.8 Å². The van der Waals surface area contributed by atoms with Gasteiger partial charge in [-0.2, -0.15) is 4.31 Å². The first-order chi connectivity index (χ1) is 13.8. The Morgan fingerprint density at radius 1 is 1.07 bits per heavy atom. The van der Waals surface area contributed by atoms with Gasteiger partial charge in [-0.05, 0) is 61.4 Å². The monoisotopic (exact) mass is 419 g/mol. The summed E-state index contributed by atoms with van der Waals surface area (Å²) in [4.78, 5) is 24.2. The molecule has 2 N–H and O–H groups in total. The van der Waals surface area contributed by atoms with Crippen molar-refractivity contribution >= 4 is 27.5 Å². The van der Waals surface area contributed by atoms with Gasteiger partial charge in [0, 0.05) is 31.4 Å². The molecule has 1 aliphatic rings. The van der Waals surface area contributed by atoms with Crippen molar-refractivity contribution in [2.24, 2.45) is 5.92 Å². The molecule has 9 heteroatoms. The molecule has 1 saturated heterocycles. The molecule has 1 heterocycles. The molecule has 1 fully saturated rings. The number of hydrogen-bond donors (Lipinski definition) is 2. The van der Waals surface area contributed by atoms with Crippen molar-refractivity contribution in [3.8, 4) is 0 Å². The van der Waals surface area contributed by atoms with Crippen LogP contribution in [0.15, 0.2) is 53.4 Å². The van der Waals surface area contributed by atoms with Gasteiger partial charge in [0.2, 0.25) is 15.9 Å². The van der Waals surface area contributed by atoms with E-state index in [-0.39, 0.29) is 23.3 Å². The summed E-state index contributed by atoms with van der Waals surface area (Å²) < 4.78 is 39.9. The molecular formula is C20H22FN3O4S. The van der Waals surface area contributed by atoms with E-state index in [9.17, 15) is 22.4 Å². The van der Waals surface area contributed by atoms with E-state index in [4.69, 9.17) is 0 Å². The summed E-state index contributed by atoms with van der Waals surface area (Å²) in [5.41, 5.74) is 1.00. The van der Waals surface area contributed by atoms with Crippen LogP contribution >= 0.6 is 0 Å². The molecule has 2 aromatic rings. The summed E-state index contributed by atoms with van der Waals surface area (Å²) in [5, 5.41) is 5.29. The summed E-state index contributed by atoms with van der Waals surface area (Å²) in [6.07, 6.45) is 1.12. The van der Waals surface area contributed by atoms with E-state index >= 15 is 0 Å². The molecular weight excluding hydrogens is 397 g/mol. The Balaban J connectivity index is 1.67. The van der Waals surface area contributed by atoms with Crippen LogP contribution in [0.1, 0.15) is 23.2 Å². The molecule has 0 bridgehead atoms. The fourth-order valence-corrected chi connectivity index (χ4v) is 4.75. The van der Waals surface area contributed by atoms with Crippen LogP contribution in [0.5, 0.6) is 0 Å². The molecule has 1 atom stereocenters. The van der Waals surface area contributed by atoms with Crippen molar-refractivity contribution in [1.29, 1.82) is 0 Å². The number of rotatable bonds is 5. The van der Waals surface area contributed by atoms with E-state index in [1.807, 2.05) is 0 Å². The first kappa shape index (κ1) is 20.9. The molecule has 0 spiro atoms. The van der Waals surface area contributed by atoms with Gasteiger partial charge < -0.3 is 10.6 Å². The van der Waals surface area contributed by atoms with Gasteiger partial charge >= 0.3 is 0 Å². The standard InChI is InChI=1S/C20H22FN3O4S/c1-22-19(25)14-4-8-17(9-5-14)23-20(26)15-3-2-12-24(13-15)29(27,28)18-10-6-16(21)7-11-18/h4-11,15H,2-3,12-13H2,1H3,(H,22,25)(H,23,26)/t15-/m1/s1. The van der Waals surface area contributed by atoms with Gasteiger partial charge in [-0.3, -0.25) is 9.59 Å². The van der Waals surface area contributed by atoms with E-state index in [1.165, 1.54) is 23.5 Å². The number of hydrogen-bond acceptors (Lipinski definition) is 4. The number of piperidine rings is 1. The highest BCUT2D eigenvalue weighted by Gasteiger charge is 2.33. The summed E-state index contributed by atoms with van der Waals surface area (Å²) in [7, 11) is -2.26. The highest BCUT2D eigenvalue weighted by molar-refractivity contribution is 7.89. The van der Waals surface area contributed by atoms with Gasteiger partial charge in [-0.15, -0.1) is 0 Å². The lowest BCUT2D eigenvalue weighted by molar-refractivity contribution is -0.120. The van der Waals surface area contributed by atoms with Crippen LogP contribution in [0.2, 0.25) is 0 Å². The van der Waals surface area contributed by atoms with Crippen molar-refractivity contribution < 1.29 is 22.4 Å². The second-order valence-electron chi connectivity index (χ2n) is 6.80. The molecule has 0 aliphatic carbocycles. The third-order valence-electron chi connectivity index (χ3n) is 4.85. The Morgan fingerprint density at radius 3 is 2.34 bits per heavy atom. The predicted octanol–water partition coefficient (Wildman–Crippen LogP) is 2.22. The fourth-order valence-electron chi connectivity index (χ4n) is 3.22. The lowest BCUT2D eigenvalue weighted by atomic mass is 9.98. The molecule has 2 aromatic carbocycles. The van der Waals surface area contributed by atoms with Gasteiger partial charge in [-0.1, -0.05) is 0 Å². The van der Waals surface area contributed by atoms with E-state index in [1.54, 1.807) is 24.3 Å². The van der Waals surface area contributed by atoms with Gasteiger partial charge in [0.05, 0.1) is 10.8 Å². The maximum absolute atomic E-state index is 13.1. The van der Waals surface area contributed by atoms with E-state index in [0.717, 1.165) is 12.1 Å². The quantitative estimate of drug-likeness (QED) is 0.777. The van der Waals surface area contributed by atoms with Crippen molar-refractivity contribution in [1.82, 2.24) is 9.62 Å². The van der Waals surface area contributed by atoms with Crippen LogP contribution in [0.3, 0.4) is 0 Å². The minimum atomic E-state index is -3.79. The molecule has 0 saturated carbocycles. The molecule has 0 aromatic heterocycles. The lowest BCUT2D eigenvalue weighted by Gasteiger charge is -2.31. The Hall–Kier alpha value is -2.78. The van der Waals surface area contributed by atoms with Crippen LogP contribution in [-0.4, -0.2) is 44.7 Å². The van der Waals surface area contributed by atoms with Crippen LogP contribution in [0, 0.1) is 11.7 Å². The molecule has 0 unspecified atom stereocenters. The average molecular weight is 419 g/mol. The molecule has 3 rings (SSSR count). The topological polar surface area (TPSA) is 95.6 Å². The zero-order valence-corrected chi connectivity index (χ0v) is 16.7. The average Bonchev–Trinajstić information content (AvgIpc) is 2.74. The number of halogens is 1. The minimum absolute atomic E-state index is 0.00440. The minimum Gasteiger partial charge on any atom is -0.355 e. The van der Waals surface area contributed by atoms with Crippen molar-refractivity contribution in [2.45, 2.75) is 17.7 Å². The number of benzene rings is 2.